The molecule has 2 fully saturated rings. The molecule has 2 aromatic carbocycles. The number of ether oxygens (including phenoxy) is 7. The van der Waals surface area contributed by atoms with E-state index in [1.54, 1.807) is 12.1 Å². The highest BCUT2D eigenvalue weighted by atomic mass is 16.7. The number of likely N-dealkylation sites (N-methyl/N-ethyl adjacent to an activating group) is 2. The maximum absolute atomic E-state index is 13.6. The number of carboxylic acids is 1. The van der Waals surface area contributed by atoms with E-state index in [0.29, 0.717) is 17.1 Å². The van der Waals surface area contributed by atoms with E-state index >= 15 is 0 Å². The van der Waals surface area contributed by atoms with Crippen LogP contribution in [0.3, 0.4) is 0 Å². The van der Waals surface area contributed by atoms with Crippen LogP contribution in [0.25, 0.3) is 0 Å². The number of hydrogen-bond donors (Lipinski definition) is 4. The van der Waals surface area contributed by atoms with Crippen molar-refractivity contribution in [2.75, 3.05) is 68.4 Å². The fourth-order valence-corrected chi connectivity index (χ4v) is 7.35. The average Bonchev–Trinajstić information content (AvgIpc) is 3.70. The van der Waals surface area contributed by atoms with Crippen LogP contribution in [0.15, 0.2) is 24.3 Å². The van der Waals surface area contributed by atoms with E-state index in [2.05, 4.69) is 16.8 Å². The van der Waals surface area contributed by atoms with Crippen molar-refractivity contribution in [3.63, 3.8) is 0 Å². The van der Waals surface area contributed by atoms with Crippen LogP contribution >= 0.6 is 0 Å². The standard InChI is InChI=1S/C34H44N2O13/c1-35(2)8-9-36(3)7-6-17-18-12-21-22(47-15-46-21)13-19(18)25(26-20(17)14-45-33(26)42)16-10-23(43-4)30(24(11-16)44-5)48-34-29(39)27(37)28(38)31(49-34)32(40)41/h10-13,17,20,25-29,31,34,37-39H,6-9,14-15H2,1-5H3,(H,40,41)/t17-,20-,25-,26+,27+,28+,29-,31+,34-/m1/s1. The highest BCUT2D eigenvalue weighted by molar-refractivity contribution is 5.79. The lowest BCUT2D eigenvalue weighted by atomic mass is 9.62. The zero-order valence-electron chi connectivity index (χ0n) is 28.1. The zero-order chi connectivity index (χ0) is 35.1. The Balaban J connectivity index is 1.39. The number of aliphatic hydroxyl groups excluding tert-OH is 3. The van der Waals surface area contributed by atoms with Crippen LogP contribution < -0.4 is 23.7 Å². The predicted molar refractivity (Wildman–Crippen MR) is 170 cm³/mol. The van der Waals surface area contributed by atoms with Gasteiger partial charge in [0.05, 0.1) is 26.7 Å². The summed E-state index contributed by atoms with van der Waals surface area (Å²) < 4.78 is 40.0. The summed E-state index contributed by atoms with van der Waals surface area (Å²) in [5, 5.41) is 40.6. The molecule has 6 rings (SSSR count). The van der Waals surface area contributed by atoms with E-state index in [0.717, 1.165) is 37.2 Å². The van der Waals surface area contributed by atoms with Crippen molar-refractivity contribution in [1.29, 1.82) is 0 Å². The molecule has 2 saturated heterocycles. The third-order valence-electron chi connectivity index (χ3n) is 9.98. The molecule has 0 bridgehead atoms. The summed E-state index contributed by atoms with van der Waals surface area (Å²) in [6, 6.07) is 7.32. The Hall–Kier alpha value is -3.86. The highest BCUT2D eigenvalue weighted by Gasteiger charge is 2.53. The molecular formula is C34H44N2O13. The number of aliphatic carboxylic acids is 1. The van der Waals surface area contributed by atoms with Gasteiger partial charge in [-0.15, -0.1) is 0 Å². The number of rotatable bonds is 12. The molecule has 0 aromatic heterocycles. The van der Waals surface area contributed by atoms with Crippen LogP contribution in [-0.2, 0) is 19.1 Å². The summed E-state index contributed by atoms with van der Waals surface area (Å²) in [5.41, 5.74) is 2.58. The Morgan fingerprint density at radius 1 is 0.878 bits per heavy atom. The number of esters is 1. The molecule has 15 nitrogen and oxygen atoms in total. The van der Waals surface area contributed by atoms with Crippen LogP contribution in [0.4, 0.5) is 0 Å². The van der Waals surface area contributed by atoms with E-state index in [-0.39, 0.29) is 48.5 Å². The molecule has 0 spiro atoms. The molecule has 0 radical (unpaired) electrons. The number of fused-ring (bicyclic) bond motifs is 3. The van der Waals surface area contributed by atoms with Gasteiger partial charge in [0.25, 0.3) is 0 Å². The molecule has 0 saturated carbocycles. The van der Waals surface area contributed by atoms with E-state index < -0.39 is 48.5 Å². The largest absolute Gasteiger partial charge is 0.493 e. The van der Waals surface area contributed by atoms with Gasteiger partial charge in [0, 0.05) is 24.9 Å². The summed E-state index contributed by atoms with van der Waals surface area (Å²) in [6.07, 6.45) is -8.33. The Bertz CT molecular complexity index is 1530. The van der Waals surface area contributed by atoms with Gasteiger partial charge in [0.2, 0.25) is 18.8 Å². The molecule has 49 heavy (non-hydrogen) atoms. The van der Waals surface area contributed by atoms with Gasteiger partial charge >= 0.3 is 11.9 Å². The number of hydrogen-bond acceptors (Lipinski definition) is 14. The van der Waals surface area contributed by atoms with Gasteiger partial charge in [-0.3, -0.25) is 4.79 Å². The minimum absolute atomic E-state index is 0.000647. The molecule has 9 atom stereocenters. The van der Waals surface area contributed by atoms with Crippen molar-refractivity contribution in [2.24, 2.45) is 11.8 Å². The number of carboxylic acid groups (broad SMARTS) is 1. The summed E-state index contributed by atoms with van der Waals surface area (Å²) in [4.78, 5) is 29.7. The normalized spacial score (nSPS) is 30.2. The monoisotopic (exact) mass is 688 g/mol. The van der Waals surface area contributed by atoms with Crippen molar-refractivity contribution >= 4 is 11.9 Å². The number of aliphatic hydroxyl groups is 3. The van der Waals surface area contributed by atoms with E-state index in [9.17, 15) is 30.0 Å². The Labute approximate surface area is 283 Å². The minimum atomic E-state index is -1.89. The van der Waals surface area contributed by atoms with E-state index in [1.807, 2.05) is 26.2 Å². The van der Waals surface area contributed by atoms with Crippen molar-refractivity contribution in [1.82, 2.24) is 9.80 Å². The number of nitrogens with zero attached hydrogens (tertiary/aromatic N) is 2. The number of benzene rings is 2. The average molecular weight is 689 g/mol. The molecule has 3 heterocycles. The third kappa shape index (κ3) is 6.58. The minimum Gasteiger partial charge on any atom is -0.493 e. The summed E-state index contributed by atoms with van der Waals surface area (Å²) >= 11 is 0. The van der Waals surface area contributed by atoms with Crippen molar-refractivity contribution in [3.8, 4) is 28.7 Å². The van der Waals surface area contributed by atoms with Crippen LogP contribution in [0, 0.1) is 11.8 Å². The molecule has 1 aliphatic carbocycles. The van der Waals surface area contributed by atoms with Gasteiger partial charge in [0.1, 0.15) is 18.3 Å². The second-order valence-corrected chi connectivity index (χ2v) is 13.2. The number of cyclic esters (lactones) is 1. The topological polar surface area (TPSA) is 186 Å². The number of carbonyl (C=O) groups is 2. The Morgan fingerprint density at radius 2 is 1.53 bits per heavy atom. The van der Waals surface area contributed by atoms with Gasteiger partial charge in [-0.05, 0) is 81.0 Å². The molecular weight excluding hydrogens is 644 g/mol. The summed E-state index contributed by atoms with van der Waals surface area (Å²) in [6.45, 7) is 2.99. The molecule has 15 heteroatoms. The first kappa shape index (κ1) is 35.0. The lowest BCUT2D eigenvalue weighted by Gasteiger charge is -2.40. The first-order valence-electron chi connectivity index (χ1n) is 16.2. The highest BCUT2D eigenvalue weighted by Crippen LogP contribution is 2.57. The fourth-order valence-electron chi connectivity index (χ4n) is 7.35. The molecule has 268 valence electrons. The molecule has 0 unspecified atom stereocenters. The van der Waals surface area contributed by atoms with Gasteiger partial charge in [-0.25, -0.2) is 4.79 Å². The molecule has 3 aliphatic heterocycles. The van der Waals surface area contributed by atoms with E-state index in [4.69, 9.17) is 33.2 Å². The fraction of sp³-hybridized carbons (Fsp3) is 0.588. The van der Waals surface area contributed by atoms with Gasteiger partial charge in [-0.2, -0.15) is 0 Å². The molecule has 4 aliphatic rings. The van der Waals surface area contributed by atoms with Crippen LogP contribution in [0.2, 0.25) is 0 Å². The van der Waals surface area contributed by atoms with Gasteiger partial charge in [-0.1, -0.05) is 0 Å². The van der Waals surface area contributed by atoms with Gasteiger partial charge in [0.15, 0.2) is 29.1 Å². The van der Waals surface area contributed by atoms with Crippen molar-refractivity contribution in [3.05, 3.63) is 41.0 Å². The van der Waals surface area contributed by atoms with Gasteiger partial charge < -0.3 is 63.4 Å². The SMILES string of the molecule is COc1cc([C@@H]2c3cc4c(cc3[C@@H](CCN(C)CCN(C)C)[C@H]3COC(=O)[C@H]23)OCO4)cc(OC)c1O[C@@H]1O[C@H](C(=O)O)[C@@H](O)[C@H](O)[C@H]1O. The zero-order valence-corrected chi connectivity index (χ0v) is 28.1. The quantitative estimate of drug-likeness (QED) is 0.227. The first-order chi connectivity index (χ1) is 23.4. The number of methoxy groups -OCH3 is 2. The maximum Gasteiger partial charge on any atom is 0.335 e. The lowest BCUT2D eigenvalue weighted by Crippen LogP contribution is -2.61. The summed E-state index contributed by atoms with van der Waals surface area (Å²) in [7, 11) is 8.96. The Morgan fingerprint density at radius 3 is 2.14 bits per heavy atom. The summed E-state index contributed by atoms with van der Waals surface area (Å²) in [5.74, 6) is -1.60. The maximum atomic E-state index is 13.6. The predicted octanol–water partition coefficient (Wildman–Crippen LogP) is 0.605. The Kier molecular flexibility index (Phi) is 10.1. The van der Waals surface area contributed by atoms with Crippen LogP contribution in [0.5, 0.6) is 28.7 Å². The second kappa shape index (κ2) is 14.2. The molecule has 4 N–H and O–H groups in total. The molecule has 2 aromatic rings. The smallest absolute Gasteiger partial charge is 0.335 e. The van der Waals surface area contributed by atoms with Crippen molar-refractivity contribution < 1.29 is 63.2 Å². The third-order valence-corrected chi connectivity index (χ3v) is 9.98. The van der Waals surface area contributed by atoms with Crippen molar-refractivity contribution in [2.45, 2.75) is 49.0 Å². The molecule has 0 amide bonds. The number of carbonyl (C=O) groups excluding carboxylic acids is 1. The van der Waals surface area contributed by atoms with Crippen LogP contribution in [-0.4, -0.2) is 141 Å². The van der Waals surface area contributed by atoms with E-state index in [1.165, 1.54) is 14.2 Å². The second-order valence-electron chi connectivity index (χ2n) is 13.2. The first-order valence-corrected chi connectivity index (χ1v) is 16.2. The van der Waals surface area contributed by atoms with Crippen LogP contribution in [0.1, 0.15) is 34.9 Å². The lowest BCUT2D eigenvalue weighted by molar-refractivity contribution is -0.271.